The molecule has 0 spiro atoms. The van der Waals surface area contributed by atoms with E-state index in [9.17, 15) is 0 Å². The van der Waals surface area contributed by atoms with Gasteiger partial charge in [0.1, 0.15) is 0 Å². The molecule has 0 radical (unpaired) electrons. The van der Waals surface area contributed by atoms with Crippen LogP contribution in [0.3, 0.4) is 0 Å². The Balaban J connectivity index is 4.15. The highest BCUT2D eigenvalue weighted by molar-refractivity contribution is 4.88. The Morgan fingerprint density at radius 1 is 0.583 bits per heavy atom. The lowest BCUT2D eigenvalue weighted by Crippen LogP contribution is -2.51. The molecule has 0 amide bonds. The van der Waals surface area contributed by atoms with Crippen molar-refractivity contribution in [2.45, 2.75) is 111 Å². The van der Waals surface area contributed by atoms with Crippen molar-refractivity contribution in [3.63, 3.8) is 0 Å². The molecule has 0 aliphatic rings. The Hall–Kier alpha value is -0.300. The Morgan fingerprint density at radius 2 is 0.958 bits per heavy atom. The van der Waals surface area contributed by atoms with Crippen LogP contribution >= 0.6 is 0 Å². The molecule has 0 fully saturated rings. The van der Waals surface area contributed by atoms with Crippen molar-refractivity contribution in [2.75, 3.05) is 26.2 Å². The molecule has 0 aromatic rings. The molecule has 0 bridgehead atoms. The number of unbranched alkanes of at least 4 members (excludes halogenated alkanes) is 10. The second-order valence-corrected chi connectivity index (χ2v) is 8.16. The van der Waals surface area contributed by atoms with Gasteiger partial charge >= 0.3 is 0 Å². The summed E-state index contributed by atoms with van der Waals surface area (Å²) in [5.74, 6) is 0. The Morgan fingerprint density at radius 3 is 1.38 bits per heavy atom. The van der Waals surface area contributed by atoms with Crippen molar-refractivity contribution in [2.24, 2.45) is 0 Å². The van der Waals surface area contributed by atoms with Gasteiger partial charge in [-0.2, -0.15) is 0 Å². The van der Waals surface area contributed by atoms with Gasteiger partial charge in [0.15, 0.2) is 0 Å². The summed E-state index contributed by atoms with van der Waals surface area (Å²) in [6, 6.07) is 0. The maximum atomic E-state index is 4.23. The first-order valence-corrected chi connectivity index (χ1v) is 11.1. The smallest absolute Gasteiger partial charge is 0.0998 e. The normalized spacial score (nSPS) is 11.8. The average molecular weight is 339 g/mol. The van der Waals surface area contributed by atoms with Gasteiger partial charge in [-0.05, 0) is 38.2 Å². The standard InChI is InChI=1S/C23H48N/c1-6-9-12-13-14-15-16-17-18-21-24(19-10-7-2,20-11-8-3)22-23(4)5/h4,6-22H2,1-3,5H3/q+1. The van der Waals surface area contributed by atoms with Gasteiger partial charge in [0.2, 0.25) is 0 Å². The molecule has 0 rings (SSSR count). The van der Waals surface area contributed by atoms with Gasteiger partial charge in [-0.3, -0.25) is 0 Å². The minimum absolute atomic E-state index is 1.21. The van der Waals surface area contributed by atoms with Crippen molar-refractivity contribution >= 4 is 0 Å². The largest absolute Gasteiger partial charge is 0.320 e. The molecular weight excluding hydrogens is 290 g/mol. The number of hydrogen-bond donors (Lipinski definition) is 0. The molecule has 1 nitrogen and oxygen atoms in total. The summed E-state index contributed by atoms with van der Waals surface area (Å²) in [6.45, 7) is 18.7. The minimum atomic E-state index is 1.21. The van der Waals surface area contributed by atoms with E-state index in [1.165, 1.54) is 120 Å². The van der Waals surface area contributed by atoms with E-state index < -0.39 is 0 Å². The molecule has 0 saturated heterocycles. The molecule has 0 aliphatic heterocycles. The van der Waals surface area contributed by atoms with Crippen LogP contribution in [0.15, 0.2) is 12.2 Å². The Labute approximate surface area is 154 Å². The molecular formula is C23H48N+. The zero-order valence-corrected chi connectivity index (χ0v) is 17.7. The molecule has 144 valence electrons. The van der Waals surface area contributed by atoms with E-state index in [0.29, 0.717) is 0 Å². The third kappa shape index (κ3) is 13.0. The Kier molecular flexibility index (Phi) is 16.0. The molecule has 0 unspecified atom stereocenters. The molecule has 0 aromatic heterocycles. The topological polar surface area (TPSA) is 0 Å². The van der Waals surface area contributed by atoms with E-state index in [1.54, 1.807) is 0 Å². The van der Waals surface area contributed by atoms with E-state index in [4.69, 9.17) is 0 Å². The van der Waals surface area contributed by atoms with Crippen LogP contribution in [0, 0.1) is 0 Å². The van der Waals surface area contributed by atoms with Crippen LogP contribution in [0.2, 0.25) is 0 Å². The zero-order chi connectivity index (χ0) is 18.1. The second-order valence-electron chi connectivity index (χ2n) is 8.16. The number of hydrogen-bond acceptors (Lipinski definition) is 0. The lowest BCUT2D eigenvalue weighted by molar-refractivity contribution is -0.924. The minimum Gasteiger partial charge on any atom is -0.320 e. The molecule has 0 aromatic carbocycles. The van der Waals surface area contributed by atoms with Crippen molar-refractivity contribution in [1.29, 1.82) is 0 Å². The summed E-state index contributed by atoms with van der Waals surface area (Å²) in [7, 11) is 0. The number of rotatable bonds is 18. The van der Waals surface area contributed by atoms with Crippen LogP contribution in [0.25, 0.3) is 0 Å². The van der Waals surface area contributed by atoms with Crippen LogP contribution in [0.5, 0.6) is 0 Å². The summed E-state index contributed by atoms with van der Waals surface area (Å²) >= 11 is 0. The van der Waals surface area contributed by atoms with Gasteiger partial charge in [0, 0.05) is 0 Å². The quantitative estimate of drug-likeness (QED) is 0.138. The third-order valence-corrected chi connectivity index (χ3v) is 5.31. The van der Waals surface area contributed by atoms with Gasteiger partial charge in [0.25, 0.3) is 0 Å². The SMILES string of the molecule is C=C(C)C[N+](CCCC)(CCCC)CCCCCCCCCCC. The van der Waals surface area contributed by atoms with Crippen LogP contribution in [-0.4, -0.2) is 30.7 Å². The number of quaternary nitrogens is 1. The summed E-state index contributed by atoms with van der Waals surface area (Å²) in [5.41, 5.74) is 1.37. The summed E-state index contributed by atoms with van der Waals surface area (Å²) in [6.07, 6.45) is 18.3. The summed E-state index contributed by atoms with van der Waals surface area (Å²) in [4.78, 5) is 0. The predicted octanol–water partition coefficient (Wildman–Crippen LogP) is 7.51. The highest BCUT2D eigenvalue weighted by atomic mass is 15.3. The molecule has 0 heterocycles. The molecule has 0 atom stereocenters. The average Bonchev–Trinajstić information content (AvgIpc) is 2.56. The van der Waals surface area contributed by atoms with E-state index in [2.05, 4.69) is 34.3 Å². The van der Waals surface area contributed by atoms with E-state index in [0.717, 1.165) is 0 Å². The van der Waals surface area contributed by atoms with Crippen molar-refractivity contribution in [1.82, 2.24) is 0 Å². The fraction of sp³-hybridized carbons (Fsp3) is 0.913. The van der Waals surface area contributed by atoms with Gasteiger partial charge in [-0.1, -0.05) is 85.1 Å². The molecule has 0 saturated carbocycles. The fourth-order valence-electron chi connectivity index (χ4n) is 3.89. The summed E-state index contributed by atoms with van der Waals surface area (Å²) in [5, 5.41) is 0. The van der Waals surface area contributed by atoms with Gasteiger partial charge in [-0.25, -0.2) is 0 Å². The van der Waals surface area contributed by atoms with Gasteiger partial charge in [0.05, 0.1) is 26.2 Å². The van der Waals surface area contributed by atoms with Crippen molar-refractivity contribution in [3.8, 4) is 0 Å². The number of nitrogens with zero attached hydrogens (tertiary/aromatic N) is 1. The molecule has 0 N–H and O–H groups in total. The first-order chi connectivity index (χ1) is 11.6. The molecule has 0 aliphatic carbocycles. The van der Waals surface area contributed by atoms with E-state index in [-0.39, 0.29) is 0 Å². The fourth-order valence-corrected chi connectivity index (χ4v) is 3.89. The molecule has 24 heavy (non-hydrogen) atoms. The maximum absolute atomic E-state index is 4.23. The summed E-state index contributed by atoms with van der Waals surface area (Å²) < 4.78 is 1.31. The highest BCUT2D eigenvalue weighted by Gasteiger charge is 2.25. The van der Waals surface area contributed by atoms with Gasteiger partial charge in [-0.15, -0.1) is 0 Å². The maximum Gasteiger partial charge on any atom is 0.0998 e. The first kappa shape index (κ1) is 23.7. The van der Waals surface area contributed by atoms with Crippen molar-refractivity contribution in [3.05, 3.63) is 12.2 Å². The molecule has 1 heteroatoms. The lowest BCUT2D eigenvalue weighted by atomic mass is 10.1. The second kappa shape index (κ2) is 16.2. The predicted molar refractivity (Wildman–Crippen MR) is 112 cm³/mol. The third-order valence-electron chi connectivity index (χ3n) is 5.31. The van der Waals surface area contributed by atoms with Crippen LogP contribution in [-0.2, 0) is 0 Å². The first-order valence-electron chi connectivity index (χ1n) is 11.1. The zero-order valence-electron chi connectivity index (χ0n) is 17.7. The monoisotopic (exact) mass is 338 g/mol. The Bertz CT molecular complexity index is 274. The van der Waals surface area contributed by atoms with Crippen LogP contribution in [0.4, 0.5) is 0 Å². The van der Waals surface area contributed by atoms with Crippen LogP contribution < -0.4 is 0 Å². The van der Waals surface area contributed by atoms with E-state index in [1.807, 2.05) is 0 Å². The van der Waals surface area contributed by atoms with Crippen LogP contribution in [0.1, 0.15) is 111 Å². The van der Waals surface area contributed by atoms with E-state index >= 15 is 0 Å². The van der Waals surface area contributed by atoms with Gasteiger partial charge < -0.3 is 4.48 Å². The lowest BCUT2D eigenvalue weighted by Gasteiger charge is -2.39. The highest BCUT2D eigenvalue weighted by Crippen LogP contribution is 2.18. The van der Waals surface area contributed by atoms with Crippen molar-refractivity contribution < 1.29 is 4.48 Å².